The van der Waals surface area contributed by atoms with Gasteiger partial charge in [0.25, 0.3) is 0 Å². The summed E-state index contributed by atoms with van der Waals surface area (Å²) in [4.78, 5) is 8.96. The van der Waals surface area contributed by atoms with E-state index in [-0.39, 0.29) is 6.10 Å². The Hall–Kier alpha value is -1.77. The minimum Gasteiger partial charge on any atom is -0.370 e. The first-order chi connectivity index (χ1) is 12.5. The fraction of sp³-hybridized carbons (Fsp3) is 0.647. The van der Waals surface area contributed by atoms with Gasteiger partial charge >= 0.3 is 0 Å². The lowest BCUT2D eigenvalue weighted by atomic mass is 10.2. The van der Waals surface area contributed by atoms with E-state index in [1.165, 1.54) is 0 Å². The van der Waals surface area contributed by atoms with E-state index in [9.17, 15) is 0 Å². The Morgan fingerprint density at radius 3 is 2.58 bits per heavy atom. The number of piperazine rings is 1. The van der Waals surface area contributed by atoms with Gasteiger partial charge < -0.3 is 14.2 Å². The molecule has 0 aromatic carbocycles. The van der Waals surface area contributed by atoms with E-state index >= 15 is 0 Å². The van der Waals surface area contributed by atoms with Crippen LogP contribution in [0.4, 0.5) is 5.82 Å². The molecule has 2 aromatic heterocycles. The van der Waals surface area contributed by atoms with Crippen molar-refractivity contribution in [2.75, 3.05) is 37.7 Å². The molecule has 3 rings (SSSR count). The molecular formula is C17H25ClN6O2. The normalized spacial score (nSPS) is 17.0. The zero-order valence-corrected chi connectivity index (χ0v) is 16.2. The van der Waals surface area contributed by atoms with Crippen LogP contribution in [0.3, 0.4) is 0 Å². The van der Waals surface area contributed by atoms with Crippen molar-refractivity contribution < 1.29 is 9.26 Å². The molecule has 1 aliphatic heterocycles. The SMILES string of the molecule is CC(C)CO[C@H](C)c1noc(CN2CCN(c3ccc(Cl)nn3)CC2)n1. The average molecular weight is 381 g/mol. The Balaban J connectivity index is 1.48. The molecule has 0 radical (unpaired) electrons. The summed E-state index contributed by atoms with van der Waals surface area (Å²) >= 11 is 5.79. The lowest BCUT2D eigenvalue weighted by Crippen LogP contribution is -2.46. The van der Waals surface area contributed by atoms with Crippen molar-refractivity contribution in [1.82, 2.24) is 25.2 Å². The first-order valence-electron chi connectivity index (χ1n) is 8.92. The van der Waals surface area contributed by atoms with Gasteiger partial charge in [-0.05, 0) is 25.0 Å². The molecule has 1 fully saturated rings. The van der Waals surface area contributed by atoms with Crippen LogP contribution in [0.15, 0.2) is 16.7 Å². The third kappa shape index (κ3) is 5.12. The summed E-state index contributed by atoms with van der Waals surface area (Å²) in [7, 11) is 0. The molecule has 0 aliphatic carbocycles. The standard InChI is InChI=1S/C17H25ClN6O2/c1-12(2)11-25-13(3)17-19-16(26-22-17)10-23-6-8-24(9-7-23)15-5-4-14(18)20-21-15/h4-5,12-13H,6-11H2,1-3H3/t13-/m1/s1. The molecule has 9 heteroatoms. The van der Waals surface area contributed by atoms with Crippen LogP contribution in [-0.2, 0) is 11.3 Å². The predicted molar refractivity (Wildman–Crippen MR) is 98.0 cm³/mol. The number of hydrogen-bond acceptors (Lipinski definition) is 8. The molecule has 2 aromatic rings. The molecule has 26 heavy (non-hydrogen) atoms. The van der Waals surface area contributed by atoms with E-state index in [0.29, 0.717) is 35.9 Å². The second kappa shape index (κ2) is 8.75. The number of anilines is 1. The third-order valence-electron chi connectivity index (χ3n) is 4.20. The molecule has 1 aliphatic rings. The molecule has 1 saturated heterocycles. The van der Waals surface area contributed by atoms with E-state index in [0.717, 1.165) is 32.0 Å². The average Bonchev–Trinajstić information content (AvgIpc) is 3.10. The van der Waals surface area contributed by atoms with Crippen LogP contribution in [0.5, 0.6) is 0 Å². The topological polar surface area (TPSA) is 80.4 Å². The van der Waals surface area contributed by atoms with Crippen molar-refractivity contribution in [3.05, 3.63) is 29.0 Å². The quantitative estimate of drug-likeness (QED) is 0.725. The smallest absolute Gasteiger partial charge is 0.240 e. The van der Waals surface area contributed by atoms with Crippen LogP contribution >= 0.6 is 11.6 Å². The largest absolute Gasteiger partial charge is 0.370 e. The first kappa shape index (κ1) is 19.0. The minimum atomic E-state index is -0.157. The van der Waals surface area contributed by atoms with E-state index in [4.69, 9.17) is 20.9 Å². The molecule has 0 unspecified atom stereocenters. The lowest BCUT2D eigenvalue weighted by Gasteiger charge is -2.34. The second-order valence-corrected chi connectivity index (χ2v) is 7.28. The van der Waals surface area contributed by atoms with Gasteiger partial charge in [-0.2, -0.15) is 4.98 Å². The van der Waals surface area contributed by atoms with Gasteiger partial charge in [0, 0.05) is 32.8 Å². The molecule has 8 nitrogen and oxygen atoms in total. The Morgan fingerprint density at radius 2 is 1.92 bits per heavy atom. The highest BCUT2D eigenvalue weighted by Gasteiger charge is 2.21. The molecule has 0 amide bonds. The summed E-state index contributed by atoms with van der Waals surface area (Å²) in [5.41, 5.74) is 0. The van der Waals surface area contributed by atoms with Crippen LogP contribution in [0.2, 0.25) is 5.15 Å². The summed E-state index contributed by atoms with van der Waals surface area (Å²) in [6.07, 6.45) is -0.157. The van der Waals surface area contributed by atoms with Crippen LogP contribution in [0.25, 0.3) is 0 Å². The summed E-state index contributed by atoms with van der Waals surface area (Å²) in [6.45, 7) is 11.0. The zero-order valence-electron chi connectivity index (χ0n) is 15.4. The number of hydrogen-bond donors (Lipinski definition) is 0. The maximum absolute atomic E-state index is 5.79. The van der Waals surface area contributed by atoms with Gasteiger partial charge in [-0.1, -0.05) is 30.6 Å². The van der Waals surface area contributed by atoms with Crippen LogP contribution in [-0.4, -0.2) is 58.0 Å². The van der Waals surface area contributed by atoms with Crippen molar-refractivity contribution in [1.29, 1.82) is 0 Å². The van der Waals surface area contributed by atoms with Gasteiger partial charge in [-0.15, -0.1) is 10.2 Å². The van der Waals surface area contributed by atoms with Crippen molar-refractivity contribution in [3.63, 3.8) is 0 Å². The first-order valence-corrected chi connectivity index (χ1v) is 9.29. The summed E-state index contributed by atoms with van der Waals surface area (Å²) in [6, 6.07) is 3.66. The molecule has 0 bridgehead atoms. The predicted octanol–water partition coefficient (Wildman–Crippen LogP) is 2.57. The maximum atomic E-state index is 5.79. The molecule has 142 valence electrons. The molecule has 1 atom stereocenters. The highest BCUT2D eigenvalue weighted by molar-refractivity contribution is 6.29. The zero-order chi connectivity index (χ0) is 18.5. The number of halogens is 1. The van der Waals surface area contributed by atoms with Crippen molar-refractivity contribution in [2.24, 2.45) is 5.92 Å². The maximum Gasteiger partial charge on any atom is 0.240 e. The summed E-state index contributed by atoms with van der Waals surface area (Å²) in [5, 5.41) is 12.5. The van der Waals surface area contributed by atoms with Gasteiger partial charge in [0.15, 0.2) is 16.8 Å². The third-order valence-corrected chi connectivity index (χ3v) is 4.40. The summed E-state index contributed by atoms with van der Waals surface area (Å²) in [5.74, 6) is 2.56. The number of nitrogens with zero attached hydrogens (tertiary/aromatic N) is 6. The van der Waals surface area contributed by atoms with Crippen molar-refractivity contribution in [3.8, 4) is 0 Å². The van der Waals surface area contributed by atoms with Crippen LogP contribution < -0.4 is 4.90 Å². The summed E-state index contributed by atoms with van der Waals surface area (Å²) < 4.78 is 11.1. The van der Waals surface area contributed by atoms with Gasteiger partial charge in [0.05, 0.1) is 6.54 Å². The van der Waals surface area contributed by atoms with E-state index in [1.54, 1.807) is 6.07 Å². The number of ether oxygens (including phenoxy) is 1. The highest BCUT2D eigenvalue weighted by atomic mass is 35.5. The van der Waals surface area contributed by atoms with Crippen LogP contribution in [0.1, 0.15) is 38.6 Å². The number of aromatic nitrogens is 4. The van der Waals surface area contributed by atoms with Gasteiger partial charge in [0.1, 0.15) is 6.10 Å². The van der Waals surface area contributed by atoms with E-state index in [1.807, 2.05) is 13.0 Å². The fourth-order valence-corrected chi connectivity index (χ4v) is 2.81. The van der Waals surface area contributed by atoms with E-state index < -0.39 is 0 Å². The Bertz CT molecular complexity index is 685. The minimum absolute atomic E-state index is 0.157. The van der Waals surface area contributed by atoms with Crippen molar-refractivity contribution in [2.45, 2.75) is 33.4 Å². The molecular weight excluding hydrogens is 356 g/mol. The van der Waals surface area contributed by atoms with Crippen molar-refractivity contribution >= 4 is 17.4 Å². The Kier molecular flexibility index (Phi) is 6.39. The number of rotatable bonds is 7. The molecule has 3 heterocycles. The van der Waals surface area contributed by atoms with E-state index in [2.05, 4.69) is 44.0 Å². The Morgan fingerprint density at radius 1 is 1.15 bits per heavy atom. The lowest BCUT2D eigenvalue weighted by molar-refractivity contribution is 0.0402. The monoisotopic (exact) mass is 380 g/mol. The second-order valence-electron chi connectivity index (χ2n) is 6.89. The Labute approximate surface area is 158 Å². The molecule has 0 saturated carbocycles. The molecule has 0 N–H and O–H groups in total. The van der Waals surface area contributed by atoms with Gasteiger partial charge in [-0.25, -0.2) is 0 Å². The van der Waals surface area contributed by atoms with Crippen LogP contribution in [0, 0.1) is 5.92 Å². The highest BCUT2D eigenvalue weighted by Crippen LogP contribution is 2.17. The van der Waals surface area contributed by atoms with Gasteiger partial charge in [0.2, 0.25) is 5.89 Å². The molecule has 0 spiro atoms. The fourth-order valence-electron chi connectivity index (χ4n) is 2.71. The van der Waals surface area contributed by atoms with Gasteiger partial charge in [-0.3, -0.25) is 4.90 Å².